The number of carbonyl (C=O) groups excluding carboxylic acids is 1. The molecule has 0 aromatic heterocycles. The lowest BCUT2D eigenvalue weighted by molar-refractivity contribution is -0.117. The van der Waals surface area contributed by atoms with Crippen LogP contribution in [0, 0.1) is 0 Å². The van der Waals surface area contributed by atoms with Gasteiger partial charge in [-0.3, -0.25) is 4.79 Å². The molecule has 104 valence electrons. The number of hydrogen-bond donors (Lipinski definition) is 1. The van der Waals surface area contributed by atoms with Crippen molar-refractivity contribution in [2.45, 2.75) is 13.3 Å². The first-order chi connectivity index (χ1) is 10.2. The quantitative estimate of drug-likeness (QED) is 0.512. The highest BCUT2D eigenvalue weighted by molar-refractivity contribution is 6.22. The number of rotatable bonds is 1. The van der Waals surface area contributed by atoms with Crippen LogP contribution >= 0.6 is 0 Å². The van der Waals surface area contributed by atoms with Gasteiger partial charge in [-0.05, 0) is 32.3 Å². The number of amides is 1. The molecule has 1 amide bonds. The molecule has 4 aromatic rings. The van der Waals surface area contributed by atoms with Crippen LogP contribution in [0.3, 0.4) is 0 Å². The number of nitrogens with two attached hydrogens (primary N) is 1. The van der Waals surface area contributed by atoms with Gasteiger partial charge in [-0.25, -0.2) is 0 Å². The highest BCUT2D eigenvalue weighted by Gasteiger charge is 2.05. The summed E-state index contributed by atoms with van der Waals surface area (Å²) in [4.78, 5) is 9.59. The van der Waals surface area contributed by atoms with Gasteiger partial charge in [-0.2, -0.15) is 0 Å². The molecule has 0 saturated heterocycles. The van der Waals surface area contributed by atoms with Crippen molar-refractivity contribution in [3.63, 3.8) is 0 Å². The van der Waals surface area contributed by atoms with Crippen LogP contribution in [0.1, 0.15) is 13.3 Å². The fraction of sp³-hybridized carbons (Fsp3) is 0.105. The van der Waals surface area contributed by atoms with Crippen LogP contribution in [0.25, 0.3) is 32.3 Å². The summed E-state index contributed by atoms with van der Waals surface area (Å²) in [5.41, 5.74) is 4.65. The largest absolute Gasteiger partial charge is 0.370 e. The van der Waals surface area contributed by atoms with Crippen molar-refractivity contribution in [2.24, 2.45) is 5.73 Å². The molecule has 0 radical (unpaired) electrons. The Morgan fingerprint density at radius 3 is 1.29 bits per heavy atom. The molecule has 0 spiro atoms. The van der Waals surface area contributed by atoms with E-state index in [1.807, 2.05) is 0 Å². The highest BCUT2D eigenvalue weighted by atomic mass is 16.1. The van der Waals surface area contributed by atoms with E-state index in [0.29, 0.717) is 6.42 Å². The molecular weight excluding hydrogens is 258 g/mol. The molecule has 0 aliphatic rings. The molecule has 4 aromatic carbocycles. The zero-order chi connectivity index (χ0) is 14.8. The number of hydrogen-bond acceptors (Lipinski definition) is 1. The van der Waals surface area contributed by atoms with Crippen molar-refractivity contribution in [3.05, 3.63) is 60.7 Å². The minimum atomic E-state index is -0.245. The summed E-state index contributed by atoms with van der Waals surface area (Å²) in [6.45, 7) is 1.72. The van der Waals surface area contributed by atoms with E-state index in [-0.39, 0.29) is 5.91 Å². The summed E-state index contributed by atoms with van der Waals surface area (Å²) in [5.74, 6) is -0.245. The zero-order valence-electron chi connectivity index (χ0n) is 12.0. The fourth-order valence-corrected chi connectivity index (χ4v) is 2.67. The fourth-order valence-electron chi connectivity index (χ4n) is 2.67. The SMILES string of the molecule is CCC(N)=O.c1cc2ccc3cccc4ccc(c1)c2c34. The van der Waals surface area contributed by atoms with Crippen molar-refractivity contribution in [1.29, 1.82) is 0 Å². The predicted octanol–water partition coefficient (Wildman–Crippen LogP) is 4.47. The van der Waals surface area contributed by atoms with E-state index in [1.54, 1.807) is 6.92 Å². The Kier molecular flexibility index (Phi) is 3.44. The van der Waals surface area contributed by atoms with Crippen LogP contribution in [-0.2, 0) is 4.79 Å². The van der Waals surface area contributed by atoms with Crippen LogP contribution in [0.15, 0.2) is 60.7 Å². The van der Waals surface area contributed by atoms with Crippen LogP contribution in [0.2, 0.25) is 0 Å². The zero-order valence-corrected chi connectivity index (χ0v) is 12.0. The maximum atomic E-state index is 9.59. The van der Waals surface area contributed by atoms with Gasteiger partial charge in [0.25, 0.3) is 0 Å². The van der Waals surface area contributed by atoms with E-state index in [2.05, 4.69) is 66.4 Å². The molecule has 0 saturated carbocycles. The average Bonchev–Trinajstić information content (AvgIpc) is 2.53. The van der Waals surface area contributed by atoms with Crippen LogP contribution in [0.4, 0.5) is 0 Å². The number of benzene rings is 4. The minimum Gasteiger partial charge on any atom is -0.370 e. The standard InChI is InChI=1S/C16H10.C3H7NO/c1-3-11-7-9-13-5-2-6-14-10-8-12(4-1)15(11)16(13)14;1-2-3(4)5/h1-10H;2H2,1H3,(H2,4,5). The topological polar surface area (TPSA) is 43.1 Å². The lowest BCUT2D eigenvalue weighted by Gasteiger charge is -2.09. The van der Waals surface area contributed by atoms with Gasteiger partial charge in [0, 0.05) is 6.42 Å². The van der Waals surface area contributed by atoms with Crippen LogP contribution < -0.4 is 5.73 Å². The summed E-state index contributed by atoms with van der Waals surface area (Å²) >= 11 is 0. The maximum Gasteiger partial charge on any atom is 0.217 e. The first-order valence-electron chi connectivity index (χ1n) is 7.11. The molecule has 0 heterocycles. The minimum absolute atomic E-state index is 0.245. The normalized spacial score (nSPS) is 10.7. The van der Waals surface area contributed by atoms with Gasteiger partial charge in [-0.1, -0.05) is 67.6 Å². The lowest BCUT2D eigenvalue weighted by Crippen LogP contribution is -2.06. The van der Waals surface area contributed by atoms with E-state index in [1.165, 1.54) is 32.3 Å². The molecule has 0 aliphatic carbocycles. The van der Waals surface area contributed by atoms with Crippen molar-refractivity contribution in [1.82, 2.24) is 0 Å². The van der Waals surface area contributed by atoms with Crippen LogP contribution in [-0.4, -0.2) is 5.91 Å². The number of primary amides is 1. The second-order valence-electron chi connectivity index (χ2n) is 5.11. The molecule has 0 atom stereocenters. The van der Waals surface area contributed by atoms with E-state index in [9.17, 15) is 4.79 Å². The number of carbonyl (C=O) groups is 1. The van der Waals surface area contributed by atoms with Gasteiger partial charge in [0.2, 0.25) is 5.91 Å². The van der Waals surface area contributed by atoms with E-state index in [4.69, 9.17) is 0 Å². The van der Waals surface area contributed by atoms with Gasteiger partial charge in [0.05, 0.1) is 0 Å². The Balaban J connectivity index is 0.000000233. The van der Waals surface area contributed by atoms with Gasteiger partial charge < -0.3 is 5.73 Å². The summed E-state index contributed by atoms with van der Waals surface area (Å²) < 4.78 is 0. The molecule has 2 nitrogen and oxygen atoms in total. The maximum absolute atomic E-state index is 9.59. The van der Waals surface area contributed by atoms with Gasteiger partial charge in [0.1, 0.15) is 0 Å². The molecule has 21 heavy (non-hydrogen) atoms. The van der Waals surface area contributed by atoms with Gasteiger partial charge in [-0.15, -0.1) is 0 Å². The molecule has 0 aliphatic heterocycles. The molecule has 0 unspecified atom stereocenters. The third-order valence-electron chi connectivity index (χ3n) is 3.74. The van der Waals surface area contributed by atoms with Crippen molar-refractivity contribution in [2.75, 3.05) is 0 Å². The third kappa shape index (κ3) is 2.40. The average molecular weight is 275 g/mol. The van der Waals surface area contributed by atoms with E-state index < -0.39 is 0 Å². The lowest BCUT2D eigenvalue weighted by atomic mass is 9.95. The van der Waals surface area contributed by atoms with Crippen molar-refractivity contribution in [3.8, 4) is 0 Å². The van der Waals surface area contributed by atoms with Gasteiger partial charge >= 0.3 is 0 Å². The smallest absolute Gasteiger partial charge is 0.217 e. The molecule has 4 rings (SSSR count). The van der Waals surface area contributed by atoms with Crippen molar-refractivity contribution < 1.29 is 4.79 Å². The molecule has 2 N–H and O–H groups in total. The summed E-state index contributed by atoms with van der Waals surface area (Å²) in [5, 5.41) is 8.14. The second kappa shape index (κ2) is 5.41. The Labute approximate surface area is 123 Å². The molecule has 2 heteroatoms. The first-order valence-corrected chi connectivity index (χ1v) is 7.11. The Morgan fingerprint density at radius 1 is 0.762 bits per heavy atom. The summed E-state index contributed by atoms with van der Waals surface area (Å²) in [7, 11) is 0. The predicted molar refractivity (Wildman–Crippen MR) is 89.6 cm³/mol. The molecule has 0 bridgehead atoms. The Morgan fingerprint density at radius 2 is 1.05 bits per heavy atom. The molecular formula is C19H17NO. The monoisotopic (exact) mass is 275 g/mol. The Hall–Kier alpha value is -2.61. The first kappa shape index (κ1) is 13.4. The van der Waals surface area contributed by atoms with E-state index >= 15 is 0 Å². The van der Waals surface area contributed by atoms with Gasteiger partial charge in [0.15, 0.2) is 0 Å². The second-order valence-corrected chi connectivity index (χ2v) is 5.11. The molecule has 0 fully saturated rings. The van der Waals surface area contributed by atoms with E-state index in [0.717, 1.165) is 0 Å². The van der Waals surface area contributed by atoms with Crippen LogP contribution in [0.5, 0.6) is 0 Å². The third-order valence-corrected chi connectivity index (χ3v) is 3.74. The summed E-state index contributed by atoms with van der Waals surface area (Å²) in [6, 6.07) is 21.9. The Bertz CT molecular complexity index is 781. The summed E-state index contributed by atoms with van der Waals surface area (Å²) in [6.07, 6.45) is 0.444. The highest BCUT2D eigenvalue weighted by Crippen LogP contribution is 2.33. The van der Waals surface area contributed by atoms with Crippen molar-refractivity contribution >= 4 is 38.2 Å².